The molecule has 2 aromatic rings. The van der Waals surface area contributed by atoms with Crippen molar-refractivity contribution in [3.8, 4) is 5.75 Å². The van der Waals surface area contributed by atoms with Gasteiger partial charge in [-0.3, -0.25) is 9.09 Å². The molecule has 4 heterocycles. The first-order valence-electron chi connectivity index (χ1n) is 11.6. The van der Waals surface area contributed by atoms with Crippen LogP contribution in [-0.2, 0) is 18.6 Å². The van der Waals surface area contributed by atoms with Gasteiger partial charge in [-0.15, -0.1) is 11.8 Å². The van der Waals surface area contributed by atoms with Crippen LogP contribution in [0.25, 0.3) is 0 Å². The number of anilines is 1. The summed E-state index contributed by atoms with van der Waals surface area (Å²) >= 11 is 1.06. The number of carbonyl (C=O) groups excluding carboxylic acids is 1. The molecule has 7 atom stereocenters. The quantitative estimate of drug-likeness (QED) is 0.378. The molecule has 4 unspecified atom stereocenters. The number of carbonyl (C=O) groups is 1. The number of rotatable bonds is 4. The van der Waals surface area contributed by atoms with Crippen molar-refractivity contribution < 1.29 is 32.6 Å². The van der Waals surface area contributed by atoms with Crippen molar-refractivity contribution in [3.05, 3.63) is 53.1 Å². The third-order valence-corrected chi connectivity index (χ3v) is 9.81. The molecule has 0 aliphatic carbocycles. The molecule has 1 saturated heterocycles. The summed E-state index contributed by atoms with van der Waals surface area (Å²) in [6.07, 6.45) is -0.457. The lowest BCUT2D eigenvalue weighted by atomic mass is 9.82. The van der Waals surface area contributed by atoms with Crippen molar-refractivity contribution in [2.24, 2.45) is 5.41 Å². The van der Waals surface area contributed by atoms with Crippen LogP contribution in [0.5, 0.6) is 5.75 Å². The minimum absolute atomic E-state index is 0.197. The van der Waals surface area contributed by atoms with E-state index in [-0.39, 0.29) is 18.2 Å². The minimum atomic E-state index is -4.31. The second kappa shape index (κ2) is 10.8. The second-order valence-corrected chi connectivity index (χ2v) is 12.5. The SMILES string of the molecule is CC1Nc2ccn(c(=O)n2)[C@H]2S[C@H](CO)C(C)(COP(=O)(Oc3ccccc3)N[C@](C)(C=O)CO1)C2F. The lowest BCUT2D eigenvalue weighted by Gasteiger charge is -2.35. The van der Waals surface area contributed by atoms with Crippen LogP contribution in [0.4, 0.5) is 10.2 Å². The van der Waals surface area contributed by atoms with E-state index in [0.717, 1.165) is 16.3 Å². The molecule has 0 radical (unpaired) electrons. The molecule has 202 valence electrons. The Morgan fingerprint density at radius 3 is 2.70 bits per heavy atom. The standard InChI is InChI=1S/C23H30FN4O7PS/c1-15-25-18-9-10-28(21(31)26-18)20-19(24)23(3,17(11-29)37-20)14-34-36(32,27-22(2,12-30)13-33-15)35-16-7-5-4-6-8-16/h4-10,12,15,17,19-20,29H,11,13-14H2,1-3H3,(H,27,32)(H,25,26,31)/t15?,17-,19?,20+,22-,23?,36?/m1/s1. The third-order valence-electron chi connectivity index (χ3n) is 6.34. The number of nitrogens with one attached hydrogen (secondary N) is 2. The number of fused-ring (bicyclic) bond motifs is 10. The fourth-order valence-corrected chi connectivity index (χ4v) is 7.52. The second-order valence-electron chi connectivity index (χ2n) is 9.53. The van der Waals surface area contributed by atoms with Gasteiger partial charge in [0.15, 0.2) is 0 Å². The van der Waals surface area contributed by atoms with Gasteiger partial charge in [-0.25, -0.2) is 13.8 Å². The molecular formula is C23H30FN4O7PS. The van der Waals surface area contributed by atoms with Crippen LogP contribution in [0.2, 0.25) is 0 Å². The van der Waals surface area contributed by atoms with E-state index in [2.05, 4.69) is 15.4 Å². The predicted molar refractivity (Wildman–Crippen MR) is 136 cm³/mol. The molecule has 1 aromatic heterocycles. The van der Waals surface area contributed by atoms with Gasteiger partial charge in [-0.1, -0.05) is 25.1 Å². The molecule has 1 aromatic carbocycles. The average Bonchev–Trinajstić information content (AvgIpc) is 3.12. The van der Waals surface area contributed by atoms with Crippen molar-refractivity contribution in [2.75, 3.05) is 25.1 Å². The van der Waals surface area contributed by atoms with Crippen LogP contribution in [0.1, 0.15) is 26.1 Å². The zero-order valence-electron chi connectivity index (χ0n) is 20.6. The number of halogens is 1. The Kier molecular flexibility index (Phi) is 8.13. The van der Waals surface area contributed by atoms with E-state index in [4.69, 9.17) is 13.8 Å². The Morgan fingerprint density at radius 1 is 1.32 bits per heavy atom. The maximum Gasteiger partial charge on any atom is 0.459 e. The molecule has 1 fully saturated rings. The maximum absolute atomic E-state index is 16.0. The number of hydrogen-bond acceptors (Lipinski definition) is 10. The Morgan fingerprint density at radius 2 is 2.05 bits per heavy atom. The van der Waals surface area contributed by atoms with Crippen LogP contribution in [0.3, 0.4) is 0 Å². The number of para-hydroxylation sites is 1. The summed E-state index contributed by atoms with van der Waals surface area (Å²) < 4.78 is 48.4. The highest BCUT2D eigenvalue weighted by molar-refractivity contribution is 8.00. The summed E-state index contributed by atoms with van der Waals surface area (Å²) in [5.74, 6) is 0.399. The number of aliphatic hydroxyl groups excluding tert-OH is 1. The van der Waals surface area contributed by atoms with E-state index in [9.17, 15) is 19.3 Å². The van der Waals surface area contributed by atoms with Gasteiger partial charge in [0.25, 0.3) is 0 Å². The summed E-state index contributed by atoms with van der Waals surface area (Å²) in [5.41, 5.74) is -3.60. The molecule has 5 rings (SSSR count). The summed E-state index contributed by atoms with van der Waals surface area (Å²) in [6, 6.07) is 9.72. The first kappa shape index (κ1) is 27.7. The number of aliphatic hydroxyl groups is 1. The number of ether oxygens (including phenoxy) is 1. The lowest BCUT2D eigenvalue weighted by Crippen LogP contribution is -2.49. The smallest absolute Gasteiger partial charge is 0.413 e. The first-order valence-corrected chi connectivity index (χ1v) is 14.1. The summed E-state index contributed by atoms with van der Waals surface area (Å²) in [6.45, 7) is 3.51. The van der Waals surface area contributed by atoms with E-state index in [1.807, 2.05) is 0 Å². The topological polar surface area (TPSA) is 141 Å². The molecule has 4 bridgehead atoms. The van der Waals surface area contributed by atoms with E-state index < -0.39 is 60.6 Å². The molecule has 3 aliphatic heterocycles. The normalized spacial score (nSPS) is 36.6. The molecule has 37 heavy (non-hydrogen) atoms. The minimum Gasteiger partial charge on any atom is -0.413 e. The van der Waals surface area contributed by atoms with Crippen LogP contribution < -0.4 is 20.6 Å². The van der Waals surface area contributed by atoms with Crippen LogP contribution in [0, 0.1) is 5.41 Å². The molecular weight excluding hydrogens is 526 g/mol. The molecule has 14 heteroatoms. The van der Waals surface area contributed by atoms with Gasteiger partial charge in [-0.05, 0) is 32.0 Å². The molecule has 3 aliphatic rings. The highest BCUT2D eigenvalue weighted by atomic mass is 32.2. The van der Waals surface area contributed by atoms with Crippen LogP contribution >= 0.6 is 19.5 Å². The highest BCUT2D eigenvalue weighted by Crippen LogP contribution is 2.56. The van der Waals surface area contributed by atoms with Crippen molar-refractivity contribution in [2.45, 2.75) is 49.3 Å². The molecule has 11 nitrogen and oxygen atoms in total. The van der Waals surface area contributed by atoms with E-state index in [0.29, 0.717) is 6.29 Å². The van der Waals surface area contributed by atoms with Gasteiger partial charge < -0.3 is 24.5 Å². The van der Waals surface area contributed by atoms with Gasteiger partial charge in [-0.2, -0.15) is 10.1 Å². The van der Waals surface area contributed by atoms with Crippen molar-refractivity contribution in [3.63, 3.8) is 0 Å². The summed E-state index contributed by atoms with van der Waals surface area (Å²) in [5, 5.41) is 13.9. The van der Waals surface area contributed by atoms with Crippen LogP contribution in [0.15, 0.2) is 47.4 Å². The zero-order valence-corrected chi connectivity index (χ0v) is 22.3. The van der Waals surface area contributed by atoms with Crippen molar-refractivity contribution in [1.29, 1.82) is 0 Å². The van der Waals surface area contributed by atoms with Crippen molar-refractivity contribution in [1.82, 2.24) is 14.6 Å². The molecule has 0 amide bonds. The number of nitrogens with zero attached hydrogens (tertiary/aromatic N) is 2. The van der Waals surface area contributed by atoms with Gasteiger partial charge in [0.05, 0.1) is 19.8 Å². The molecule has 3 N–H and O–H groups in total. The Balaban J connectivity index is 1.76. The van der Waals surface area contributed by atoms with E-state index in [1.165, 1.54) is 19.2 Å². The number of alkyl halides is 1. The van der Waals surface area contributed by atoms with Gasteiger partial charge in [0, 0.05) is 16.9 Å². The Bertz CT molecular complexity index is 1220. The fraction of sp³-hybridized carbons (Fsp3) is 0.522. The van der Waals surface area contributed by atoms with E-state index in [1.54, 1.807) is 44.2 Å². The Labute approximate surface area is 217 Å². The third kappa shape index (κ3) is 5.92. The van der Waals surface area contributed by atoms with E-state index >= 15 is 4.39 Å². The maximum atomic E-state index is 16.0. The van der Waals surface area contributed by atoms with Crippen molar-refractivity contribution >= 4 is 31.6 Å². The molecule has 0 spiro atoms. The van der Waals surface area contributed by atoms with Gasteiger partial charge in [0.2, 0.25) is 0 Å². The van der Waals surface area contributed by atoms with Gasteiger partial charge >= 0.3 is 13.4 Å². The highest BCUT2D eigenvalue weighted by Gasteiger charge is 2.56. The summed E-state index contributed by atoms with van der Waals surface area (Å²) in [4.78, 5) is 28.9. The number of benzene rings is 1. The largest absolute Gasteiger partial charge is 0.459 e. The molecule has 0 saturated carbocycles. The first-order chi connectivity index (χ1) is 17.5. The number of thioether (sulfide) groups is 1. The monoisotopic (exact) mass is 556 g/mol. The predicted octanol–water partition coefficient (Wildman–Crippen LogP) is 2.73. The average molecular weight is 557 g/mol. The Hall–Kier alpha value is -2.28. The number of hydrogen-bond donors (Lipinski definition) is 3. The fourth-order valence-electron chi connectivity index (χ4n) is 4.09. The van der Waals surface area contributed by atoms with Crippen LogP contribution in [-0.4, -0.2) is 64.0 Å². The lowest BCUT2D eigenvalue weighted by molar-refractivity contribution is -0.115. The number of aldehydes is 1. The summed E-state index contributed by atoms with van der Waals surface area (Å²) in [7, 11) is -4.31. The van der Waals surface area contributed by atoms with Gasteiger partial charge in [0.1, 0.15) is 41.2 Å². The zero-order chi connectivity index (χ0) is 26.8. The number of aromatic nitrogens is 2.